The Kier molecular flexibility index (Phi) is 8.57. The highest BCUT2D eigenvalue weighted by Gasteiger charge is 2.29. The molecule has 1 saturated carbocycles. The van der Waals surface area contributed by atoms with Gasteiger partial charge in [0.2, 0.25) is 0 Å². The number of anilines is 3. The van der Waals surface area contributed by atoms with Crippen LogP contribution in [0.1, 0.15) is 82.8 Å². The molecule has 1 aliphatic carbocycles. The molecule has 3 rings (SSSR count). The lowest BCUT2D eigenvalue weighted by Gasteiger charge is -2.40. The van der Waals surface area contributed by atoms with Gasteiger partial charge in [-0.3, -0.25) is 4.79 Å². The average Bonchev–Trinajstić information content (AvgIpc) is 2.81. The van der Waals surface area contributed by atoms with Crippen molar-refractivity contribution < 1.29 is 15.0 Å². The molecular weight excluding hydrogens is 426 g/mol. The number of nitrogens with zero attached hydrogens (tertiary/aromatic N) is 2. The van der Waals surface area contributed by atoms with Crippen LogP contribution in [-0.4, -0.2) is 34.4 Å². The maximum atomic E-state index is 11.4. The Hall–Kier alpha value is -3.04. The van der Waals surface area contributed by atoms with Crippen molar-refractivity contribution in [1.29, 1.82) is 5.26 Å². The minimum absolute atomic E-state index is 0.0783. The third-order valence-corrected chi connectivity index (χ3v) is 6.58. The number of nitrogens with one attached hydrogen (secondary N) is 1. The smallest absolute Gasteiger partial charge is 0.303 e. The van der Waals surface area contributed by atoms with Crippen LogP contribution in [0, 0.1) is 11.3 Å². The molecule has 1 aliphatic rings. The molecular formula is C28H37N3O3. The van der Waals surface area contributed by atoms with E-state index in [-0.39, 0.29) is 12.3 Å². The molecule has 34 heavy (non-hydrogen) atoms. The van der Waals surface area contributed by atoms with E-state index in [9.17, 15) is 15.0 Å². The van der Waals surface area contributed by atoms with Gasteiger partial charge in [-0.05, 0) is 81.0 Å². The fourth-order valence-corrected chi connectivity index (χ4v) is 4.87. The van der Waals surface area contributed by atoms with Crippen LogP contribution in [0.3, 0.4) is 0 Å². The molecule has 0 bridgehead atoms. The summed E-state index contributed by atoms with van der Waals surface area (Å²) in [7, 11) is 0. The van der Waals surface area contributed by atoms with Crippen molar-refractivity contribution in [2.24, 2.45) is 0 Å². The summed E-state index contributed by atoms with van der Waals surface area (Å²) in [5, 5.41) is 32.8. The number of nitriles is 1. The zero-order valence-electron chi connectivity index (χ0n) is 20.6. The van der Waals surface area contributed by atoms with Crippen molar-refractivity contribution in [3.8, 4) is 6.07 Å². The van der Waals surface area contributed by atoms with Crippen molar-refractivity contribution >= 4 is 23.0 Å². The molecule has 0 aromatic heterocycles. The predicted molar refractivity (Wildman–Crippen MR) is 137 cm³/mol. The van der Waals surface area contributed by atoms with Crippen LogP contribution in [0.2, 0.25) is 0 Å². The third-order valence-electron chi connectivity index (χ3n) is 6.58. The molecule has 2 aromatic carbocycles. The fraction of sp³-hybridized carbons (Fsp3) is 0.500. The maximum Gasteiger partial charge on any atom is 0.303 e. The highest BCUT2D eigenvalue weighted by atomic mass is 16.4. The first-order valence-corrected chi connectivity index (χ1v) is 12.3. The van der Waals surface area contributed by atoms with E-state index in [1.807, 2.05) is 39.0 Å². The monoisotopic (exact) mass is 463 g/mol. The number of aliphatic carboxylic acids is 1. The van der Waals surface area contributed by atoms with Gasteiger partial charge in [-0.1, -0.05) is 32.3 Å². The summed E-state index contributed by atoms with van der Waals surface area (Å²) < 4.78 is 0. The number of benzene rings is 2. The summed E-state index contributed by atoms with van der Waals surface area (Å²) in [6.07, 6.45) is 6.60. The molecule has 3 N–H and O–H groups in total. The Bertz CT molecular complexity index is 999. The van der Waals surface area contributed by atoms with Gasteiger partial charge in [-0.2, -0.15) is 5.26 Å². The largest absolute Gasteiger partial charge is 0.481 e. The van der Waals surface area contributed by atoms with Gasteiger partial charge in [0.25, 0.3) is 0 Å². The molecule has 1 fully saturated rings. The number of hydrogen-bond acceptors (Lipinski definition) is 5. The molecule has 0 spiro atoms. The van der Waals surface area contributed by atoms with Crippen molar-refractivity contribution in [3.05, 3.63) is 53.6 Å². The zero-order valence-corrected chi connectivity index (χ0v) is 20.6. The van der Waals surface area contributed by atoms with Crippen molar-refractivity contribution in [3.63, 3.8) is 0 Å². The Morgan fingerprint density at radius 3 is 2.41 bits per heavy atom. The van der Waals surface area contributed by atoms with Crippen molar-refractivity contribution in [1.82, 2.24) is 0 Å². The summed E-state index contributed by atoms with van der Waals surface area (Å²) in [5.41, 5.74) is 3.47. The zero-order chi connectivity index (χ0) is 24.7. The van der Waals surface area contributed by atoms with Crippen LogP contribution in [-0.2, 0) is 4.79 Å². The molecule has 0 amide bonds. The lowest BCUT2D eigenvalue weighted by atomic mass is 9.90. The molecule has 0 aliphatic heterocycles. The minimum atomic E-state index is -0.864. The standard InChI is InChI=1S/C28H37N3O3/c1-4-21(17-27(32)33)22-12-15-26(25(16-22)30-23-13-10-20(18-29)11-14-23)31(19-28(2,3)34)24-8-6-5-7-9-24/h10-16,21,24,30,34H,4-9,17,19H2,1-3H3,(H,32,33)/t21-/m0/s1. The number of hydrogen-bond donors (Lipinski definition) is 3. The summed E-state index contributed by atoms with van der Waals surface area (Å²) in [6.45, 7) is 6.19. The molecule has 0 radical (unpaired) electrons. The lowest BCUT2D eigenvalue weighted by Crippen LogP contribution is -2.45. The van der Waals surface area contributed by atoms with Gasteiger partial charge in [0.1, 0.15) is 0 Å². The molecule has 6 heteroatoms. The van der Waals surface area contributed by atoms with Crippen LogP contribution < -0.4 is 10.2 Å². The lowest BCUT2D eigenvalue weighted by molar-refractivity contribution is -0.137. The van der Waals surface area contributed by atoms with Crippen LogP contribution in [0.25, 0.3) is 0 Å². The number of aliphatic hydroxyl groups is 1. The number of carboxylic acid groups (broad SMARTS) is 1. The minimum Gasteiger partial charge on any atom is -0.481 e. The van der Waals surface area contributed by atoms with Gasteiger partial charge in [-0.25, -0.2) is 0 Å². The molecule has 6 nitrogen and oxygen atoms in total. The molecule has 0 heterocycles. The van der Waals surface area contributed by atoms with E-state index in [4.69, 9.17) is 5.26 Å². The maximum absolute atomic E-state index is 11.4. The summed E-state index contributed by atoms with van der Waals surface area (Å²) in [4.78, 5) is 13.8. The third kappa shape index (κ3) is 6.98. The Labute approximate surface area is 203 Å². The van der Waals surface area contributed by atoms with E-state index in [0.717, 1.165) is 41.9 Å². The Balaban J connectivity index is 2.06. The van der Waals surface area contributed by atoms with Gasteiger partial charge < -0.3 is 20.4 Å². The second kappa shape index (κ2) is 11.4. The van der Waals surface area contributed by atoms with E-state index in [2.05, 4.69) is 28.4 Å². The van der Waals surface area contributed by atoms with Gasteiger partial charge in [0.05, 0.1) is 35.0 Å². The first-order valence-electron chi connectivity index (χ1n) is 12.3. The molecule has 2 aromatic rings. The van der Waals surface area contributed by atoms with Gasteiger partial charge in [-0.15, -0.1) is 0 Å². The normalized spacial score (nSPS) is 15.4. The van der Waals surface area contributed by atoms with Crippen LogP contribution in [0.15, 0.2) is 42.5 Å². The summed E-state index contributed by atoms with van der Waals surface area (Å²) in [5.74, 6) is -0.881. The fourth-order valence-electron chi connectivity index (χ4n) is 4.87. The Morgan fingerprint density at radius 1 is 1.18 bits per heavy atom. The highest BCUT2D eigenvalue weighted by Crippen LogP contribution is 2.38. The van der Waals surface area contributed by atoms with Gasteiger partial charge >= 0.3 is 5.97 Å². The van der Waals surface area contributed by atoms with E-state index in [1.165, 1.54) is 19.3 Å². The SMILES string of the molecule is CC[C@@H](CC(=O)O)c1ccc(N(CC(C)(C)O)C2CCCCC2)c(Nc2ccc(C#N)cc2)c1. The van der Waals surface area contributed by atoms with Crippen LogP contribution in [0.5, 0.6) is 0 Å². The molecule has 182 valence electrons. The molecule has 0 saturated heterocycles. The van der Waals surface area contributed by atoms with E-state index in [1.54, 1.807) is 12.1 Å². The van der Waals surface area contributed by atoms with Crippen LogP contribution in [0.4, 0.5) is 17.1 Å². The topological polar surface area (TPSA) is 96.6 Å². The van der Waals surface area contributed by atoms with Crippen molar-refractivity contribution in [2.75, 3.05) is 16.8 Å². The summed E-state index contributed by atoms with van der Waals surface area (Å²) in [6, 6.07) is 16.0. The molecule has 0 unspecified atom stereocenters. The average molecular weight is 464 g/mol. The number of carboxylic acids is 1. The molecule has 1 atom stereocenters. The second-order valence-electron chi connectivity index (χ2n) is 10.0. The number of carbonyl (C=O) groups is 1. The Morgan fingerprint density at radius 2 is 1.85 bits per heavy atom. The predicted octanol–water partition coefficient (Wildman–Crippen LogP) is 6.18. The van der Waals surface area contributed by atoms with E-state index in [0.29, 0.717) is 18.2 Å². The van der Waals surface area contributed by atoms with Crippen molar-refractivity contribution in [2.45, 2.75) is 83.3 Å². The van der Waals surface area contributed by atoms with Crippen LogP contribution >= 0.6 is 0 Å². The van der Waals surface area contributed by atoms with E-state index < -0.39 is 11.6 Å². The number of rotatable bonds is 10. The summed E-state index contributed by atoms with van der Waals surface area (Å²) >= 11 is 0. The second-order valence-corrected chi connectivity index (χ2v) is 10.0. The van der Waals surface area contributed by atoms with Gasteiger partial charge in [0, 0.05) is 18.3 Å². The first kappa shape index (κ1) is 25.6. The first-order chi connectivity index (χ1) is 16.2. The van der Waals surface area contributed by atoms with Gasteiger partial charge in [0.15, 0.2) is 0 Å². The van der Waals surface area contributed by atoms with E-state index >= 15 is 0 Å². The quantitative estimate of drug-likeness (QED) is 0.389. The highest BCUT2D eigenvalue weighted by molar-refractivity contribution is 5.77.